The first-order chi connectivity index (χ1) is 10.7. The number of hydrogen-bond donors (Lipinski definition) is 1. The molecule has 3 rings (SSSR count). The fraction of sp³-hybridized carbons (Fsp3) is 0.389. The van der Waals surface area contributed by atoms with Gasteiger partial charge in [-0.05, 0) is 61.4 Å². The van der Waals surface area contributed by atoms with Gasteiger partial charge in [0.05, 0.1) is 11.7 Å². The molecule has 4 heteroatoms. The summed E-state index contributed by atoms with van der Waals surface area (Å²) in [7, 11) is 0. The lowest BCUT2D eigenvalue weighted by molar-refractivity contribution is -0.122. The lowest BCUT2D eigenvalue weighted by Gasteiger charge is -2.19. The summed E-state index contributed by atoms with van der Waals surface area (Å²) in [6.45, 7) is 2.06. The smallest absolute Gasteiger partial charge is 0.220 e. The van der Waals surface area contributed by atoms with Gasteiger partial charge in [0, 0.05) is 25.0 Å². The molecule has 2 heterocycles. The number of nitrogens with zero attached hydrogens (tertiary/aromatic N) is 2. The predicted molar refractivity (Wildman–Crippen MR) is 85.1 cm³/mol. The van der Waals surface area contributed by atoms with E-state index < -0.39 is 0 Å². The number of aryl methyl sites for hydroxylation is 2. The molecule has 1 aliphatic rings. The Morgan fingerprint density at radius 1 is 1.27 bits per heavy atom. The van der Waals surface area contributed by atoms with Crippen molar-refractivity contribution < 1.29 is 4.79 Å². The maximum atomic E-state index is 12.3. The Morgan fingerprint density at radius 2 is 2.05 bits per heavy atom. The molecule has 1 amide bonds. The van der Waals surface area contributed by atoms with Gasteiger partial charge in [-0.15, -0.1) is 0 Å². The zero-order chi connectivity index (χ0) is 15.4. The Labute approximate surface area is 131 Å². The predicted octanol–water partition coefficient (Wildman–Crippen LogP) is 2.99. The standard InChI is InChI=1S/C18H21N3O/c1-13-3-2-10-20-17(13)18(15-5-6-15)21-16(22)7-4-14-8-11-19-12-9-14/h2-3,8-12,15,18H,4-7H2,1H3,(H,21,22)/t18-/m0/s1. The fourth-order valence-electron chi connectivity index (χ4n) is 2.72. The van der Waals surface area contributed by atoms with Crippen LogP contribution in [0, 0.1) is 12.8 Å². The average Bonchev–Trinajstić information content (AvgIpc) is 3.37. The van der Waals surface area contributed by atoms with Crippen LogP contribution in [-0.4, -0.2) is 15.9 Å². The maximum absolute atomic E-state index is 12.3. The Morgan fingerprint density at radius 3 is 2.73 bits per heavy atom. The molecule has 1 atom stereocenters. The highest BCUT2D eigenvalue weighted by molar-refractivity contribution is 5.76. The maximum Gasteiger partial charge on any atom is 0.220 e. The van der Waals surface area contributed by atoms with Crippen LogP contribution < -0.4 is 5.32 Å². The Bertz CT molecular complexity index is 638. The second-order valence-electron chi connectivity index (χ2n) is 5.94. The number of hydrogen-bond acceptors (Lipinski definition) is 3. The van der Waals surface area contributed by atoms with E-state index in [1.54, 1.807) is 18.6 Å². The van der Waals surface area contributed by atoms with E-state index in [1.807, 2.05) is 18.2 Å². The van der Waals surface area contributed by atoms with Crippen molar-refractivity contribution in [3.63, 3.8) is 0 Å². The highest BCUT2D eigenvalue weighted by atomic mass is 16.1. The topological polar surface area (TPSA) is 54.9 Å². The van der Waals surface area contributed by atoms with Gasteiger partial charge in [-0.25, -0.2) is 0 Å². The second kappa shape index (κ2) is 6.69. The van der Waals surface area contributed by atoms with E-state index in [0.29, 0.717) is 12.3 Å². The molecule has 2 aromatic rings. The van der Waals surface area contributed by atoms with E-state index in [-0.39, 0.29) is 11.9 Å². The van der Waals surface area contributed by atoms with Crippen molar-refractivity contribution in [2.24, 2.45) is 5.92 Å². The van der Waals surface area contributed by atoms with Crippen molar-refractivity contribution in [1.82, 2.24) is 15.3 Å². The van der Waals surface area contributed by atoms with Crippen LogP contribution in [0.15, 0.2) is 42.9 Å². The first-order valence-electron chi connectivity index (χ1n) is 7.84. The SMILES string of the molecule is Cc1cccnc1[C@@H](NC(=O)CCc1ccncc1)C1CC1. The van der Waals surface area contributed by atoms with E-state index in [2.05, 4.69) is 28.3 Å². The Kier molecular flexibility index (Phi) is 4.47. The molecule has 0 aliphatic heterocycles. The number of amides is 1. The van der Waals surface area contributed by atoms with E-state index in [9.17, 15) is 4.79 Å². The van der Waals surface area contributed by atoms with Crippen LogP contribution >= 0.6 is 0 Å². The van der Waals surface area contributed by atoms with Gasteiger partial charge in [0.2, 0.25) is 5.91 Å². The van der Waals surface area contributed by atoms with Crippen LogP contribution in [-0.2, 0) is 11.2 Å². The summed E-state index contributed by atoms with van der Waals surface area (Å²) in [6.07, 6.45) is 8.92. The quantitative estimate of drug-likeness (QED) is 0.891. The minimum absolute atomic E-state index is 0.0612. The largest absolute Gasteiger partial charge is 0.347 e. The lowest BCUT2D eigenvalue weighted by Crippen LogP contribution is -2.31. The van der Waals surface area contributed by atoms with Crippen molar-refractivity contribution in [2.75, 3.05) is 0 Å². The molecular weight excluding hydrogens is 274 g/mol. The molecule has 22 heavy (non-hydrogen) atoms. The highest BCUT2D eigenvalue weighted by Crippen LogP contribution is 2.41. The zero-order valence-electron chi connectivity index (χ0n) is 12.8. The van der Waals surface area contributed by atoms with Crippen LogP contribution in [0.4, 0.5) is 0 Å². The first-order valence-corrected chi connectivity index (χ1v) is 7.84. The van der Waals surface area contributed by atoms with Gasteiger partial charge in [-0.2, -0.15) is 0 Å². The van der Waals surface area contributed by atoms with E-state index in [0.717, 1.165) is 23.2 Å². The fourth-order valence-corrected chi connectivity index (χ4v) is 2.72. The van der Waals surface area contributed by atoms with Crippen molar-refractivity contribution in [1.29, 1.82) is 0 Å². The summed E-state index contributed by atoms with van der Waals surface area (Å²) in [5.41, 5.74) is 3.30. The molecule has 2 aromatic heterocycles. The molecule has 0 aromatic carbocycles. The lowest BCUT2D eigenvalue weighted by atomic mass is 10.0. The number of aromatic nitrogens is 2. The molecule has 0 bridgehead atoms. The third-order valence-electron chi connectivity index (χ3n) is 4.14. The van der Waals surface area contributed by atoms with Crippen molar-refractivity contribution in [3.8, 4) is 0 Å². The van der Waals surface area contributed by atoms with Crippen molar-refractivity contribution >= 4 is 5.91 Å². The molecule has 1 saturated carbocycles. The van der Waals surface area contributed by atoms with E-state index >= 15 is 0 Å². The number of pyridine rings is 2. The minimum atomic E-state index is 0.0612. The third kappa shape index (κ3) is 3.70. The van der Waals surface area contributed by atoms with E-state index in [4.69, 9.17) is 0 Å². The molecule has 0 unspecified atom stereocenters. The molecule has 4 nitrogen and oxygen atoms in total. The van der Waals surface area contributed by atoms with Gasteiger partial charge in [-0.1, -0.05) is 6.07 Å². The molecule has 0 saturated heterocycles. The second-order valence-corrected chi connectivity index (χ2v) is 5.94. The third-order valence-corrected chi connectivity index (χ3v) is 4.14. The Balaban J connectivity index is 1.62. The van der Waals surface area contributed by atoms with Gasteiger partial charge in [0.25, 0.3) is 0 Å². The summed E-state index contributed by atoms with van der Waals surface area (Å²) in [6, 6.07) is 7.96. The van der Waals surface area contributed by atoms with Gasteiger partial charge in [0.1, 0.15) is 0 Å². The summed E-state index contributed by atoms with van der Waals surface area (Å²) in [4.78, 5) is 20.8. The summed E-state index contributed by atoms with van der Waals surface area (Å²) in [5.74, 6) is 0.636. The van der Waals surface area contributed by atoms with Gasteiger partial charge in [0.15, 0.2) is 0 Å². The van der Waals surface area contributed by atoms with Crippen LogP contribution in [0.5, 0.6) is 0 Å². The molecule has 114 valence electrons. The van der Waals surface area contributed by atoms with Crippen molar-refractivity contribution in [3.05, 3.63) is 59.7 Å². The monoisotopic (exact) mass is 295 g/mol. The molecule has 0 spiro atoms. The highest BCUT2D eigenvalue weighted by Gasteiger charge is 2.34. The van der Waals surface area contributed by atoms with E-state index in [1.165, 1.54) is 12.8 Å². The number of rotatable bonds is 6. The summed E-state index contributed by atoms with van der Waals surface area (Å²) < 4.78 is 0. The van der Waals surface area contributed by atoms with Crippen LogP contribution in [0.1, 0.15) is 42.1 Å². The van der Waals surface area contributed by atoms with Crippen molar-refractivity contribution in [2.45, 2.75) is 38.6 Å². The van der Waals surface area contributed by atoms with Gasteiger partial charge >= 0.3 is 0 Å². The first kappa shape index (κ1) is 14.7. The minimum Gasteiger partial charge on any atom is -0.347 e. The van der Waals surface area contributed by atoms with Gasteiger partial charge < -0.3 is 5.32 Å². The molecular formula is C18H21N3O. The number of nitrogens with one attached hydrogen (secondary N) is 1. The van der Waals surface area contributed by atoms with Crippen LogP contribution in [0.25, 0.3) is 0 Å². The number of carbonyl (C=O) groups is 1. The molecule has 0 radical (unpaired) electrons. The average molecular weight is 295 g/mol. The molecule has 1 fully saturated rings. The Hall–Kier alpha value is -2.23. The summed E-state index contributed by atoms with van der Waals surface area (Å²) in [5, 5.41) is 3.19. The van der Waals surface area contributed by atoms with Gasteiger partial charge in [-0.3, -0.25) is 14.8 Å². The molecule has 1 aliphatic carbocycles. The number of carbonyl (C=O) groups excluding carboxylic acids is 1. The molecule has 1 N–H and O–H groups in total. The normalized spacial score (nSPS) is 15.3. The van der Waals surface area contributed by atoms with Crippen LogP contribution in [0.3, 0.4) is 0 Å². The summed E-state index contributed by atoms with van der Waals surface area (Å²) >= 11 is 0. The zero-order valence-corrected chi connectivity index (χ0v) is 12.8. The van der Waals surface area contributed by atoms with Crippen LogP contribution in [0.2, 0.25) is 0 Å².